The SMILES string of the molecule is CCN(CCC(O)c1ccc(C)cc1)Cc1ccccn1. The highest BCUT2D eigenvalue weighted by molar-refractivity contribution is 5.23. The Balaban J connectivity index is 1.86. The molecule has 0 saturated carbocycles. The first kappa shape index (κ1) is 15.7. The number of aryl methyl sites for hydroxylation is 1. The van der Waals surface area contributed by atoms with E-state index in [0.29, 0.717) is 0 Å². The highest BCUT2D eigenvalue weighted by Gasteiger charge is 2.10. The fraction of sp³-hybridized carbons (Fsp3) is 0.389. The van der Waals surface area contributed by atoms with E-state index in [9.17, 15) is 5.11 Å². The van der Waals surface area contributed by atoms with Crippen molar-refractivity contribution in [1.29, 1.82) is 0 Å². The van der Waals surface area contributed by atoms with E-state index in [1.54, 1.807) is 0 Å². The lowest BCUT2D eigenvalue weighted by atomic mass is 10.0. The van der Waals surface area contributed by atoms with Crippen LogP contribution in [0.1, 0.15) is 36.3 Å². The van der Waals surface area contributed by atoms with Gasteiger partial charge in [0.25, 0.3) is 0 Å². The third kappa shape index (κ3) is 4.96. The van der Waals surface area contributed by atoms with E-state index in [4.69, 9.17) is 0 Å². The highest BCUT2D eigenvalue weighted by Crippen LogP contribution is 2.18. The number of pyridine rings is 1. The van der Waals surface area contributed by atoms with Crippen molar-refractivity contribution in [2.75, 3.05) is 13.1 Å². The molecule has 0 amide bonds. The predicted molar refractivity (Wildman–Crippen MR) is 85.9 cm³/mol. The first-order valence-electron chi connectivity index (χ1n) is 7.56. The minimum absolute atomic E-state index is 0.400. The number of aromatic nitrogens is 1. The van der Waals surface area contributed by atoms with Gasteiger partial charge in [-0.15, -0.1) is 0 Å². The average molecular weight is 284 g/mol. The van der Waals surface area contributed by atoms with Crippen molar-refractivity contribution >= 4 is 0 Å². The van der Waals surface area contributed by atoms with Crippen molar-refractivity contribution in [2.45, 2.75) is 32.9 Å². The van der Waals surface area contributed by atoms with Gasteiger partial charge in [0.05, 0.1) is 11.8 Å². The van der Waals surface area contributed by atoms with Gasteiger partial charge < -0.3 is 5.11 Å². The molecule has 0 radical (unpaired) electrons. The lowest BCUT2D eigenvalue weighted by Gasteiger charge is -2.21. The van der Waals surface area contributed by atoms with Crippen LogP contribution in [-0.2, 0) is 6.54 Å². The Kier molecular flexibility index (Phi) is 5.90. The monoisotopic (exact) mass is 284 g/mol. The van der Waals surface area contributed by atoms with Crippen molar-refractivity contribution in [3.8, 4) is 0 Å². The van der Waals surface area contributed by atoms with Gasteiger partial charge >= 0.3 is 0 Å². The van der Waals surface area contributed by atoms with Crippen LogP contribution in [0.15, 0.2) is 48.7 Å². The van der Waals surface area contributed by atoms with Gasteiger partial charge in [-0.05, 0) is 37.6 Å². The Hall–Kier alpha value is -1.71. The summed E-state index contributed by atoms with van der Waals surface area (Å²) in [7, 11) is 0. The molecule has 112 valence electrons. The van der Waals surface area contributed by atoms with E-state index in [-0.39, 0.29) is 0 Å². The summed E-state index contributed by atoms with van der Waals surface area (Å²) in [6.07, 6.45) is 2.16. The van der Waals surface area contributed by atoms with Crippen LogP contribution in [0, 0.1) is 6.92 Å². The van der Waals surface area contributed by atoms with E-state index in [1.165, 1.54) is 5.56 Å². The molecule has 0 saturated heterocycles. The molecule has 1 N–H and O–H groups in total. The zero-order valence-corrected chi connectivity index (χ0v) is 12.9. The molecule has 0 spiro atoms. The van der Waals surface area contributed by atoms with Gasteiger partial charge in [-0.1, -0.05) is 42.8 Å². The Morgan fingerprint density at radius 3 is 2.52 bits per heavy atom. The topological polar surface area (TPSA) is 36.4 Å². The van der Waals surface area contributed by atoms with E-state index in [2.05, 4.69) is 23.7 Å². The molecule has 1 atom stereocenters. The molecule has 3 nitrogen and oxygen atoms in total. The molecule has 0 fully saturated rings. The minimum Gasteiger partial charge on any atom is -0.388 e. The average Bonchev–Trinajstić information content (AvgIpc) is 2.52. The zero-order chi connectivity index (χ0) is 15.1. The van der Waals surface area contributed by atoms with Crippen LogP contribution < -0.4 is 0 Å². The number of nitrogens with zero attached hydrogens (tertiary/aromatic N) is 2. The fourth-order valence-electron chi connectivity index (χ4n) is 2.33. The first-order valence-corrected chi connectivity index (χ1v) is 7.56. The maximum absolute atomic E-state index is 10.3. The summed E-state index contributed by atoms with van der Waals surface area (Å²) in [4.78, 5) is 6.66. The van der Waals surface area contributed by atoms with E-state index >= 15 is 0 Å². The number of hydrogen-bond acceptors (Lipinski definition) is 3. The molecule has 2 aromatic rings. The molecule has 1 unspecified atom stereocenters. The smallest absolute Gasteiger partial charge is 0.0802 e. The summed E-state index contributed by atoms with van der Waals surface area (Å²) in [5.41, 5.74) is 3.29. The van der Waals surface area contributed by atoms with Crippen molar-refractivity contribution in [3.05, 3.63) is 65.5 Å². The quantitative estimate of drug-likeness (QED) is 0.847. The van der Waals surface area contributed by atoms with Gasteiger partial charge in [-0.25, -0.2) is 0 Å². The molecule has 3 heteroatoms. The van der Waals surface area contributed by atoms with Gasteiger partial charge in [0, 0.05) is 19.3 Å². The Morgan fingerprint density at radius 2 is 1.90 bits per heavy atom. The van der Waals surface area contributed by atoms with Crippen LogP contribution in [0.5, 0.6) is 0 Å². The van der Waals surface area contributed by atoms with Crippen molar-refractivity contribution in [1.82, 2.24) is 9.88 Å². The third-order valence-corrected chi connectivity index (χ3v) is 3.74. The summed E-state index contributed by atoms with van der Waals surface area (Å²) >= 11 is 0. The summed E-state index contributed by atoms with van der Waals surface area (Å²) in [5, 5.41) is 10.3. The predicted octanol–water partition coefficient (Wildman–Crippen LogP) is 3.34. The second-order valence-electron chi connectivity index (χ2n) is 5.41. The van der Waals surface area contributed by atoms with Crippen LogP contribution in [0.4, 0.5) is 0 Å². The summed E-state index contributed by atoms with van der Waals surface area (Å²) in [5.74, 6) is 0. The minimum atomic E-state index is -0.400. The number of aliphatic hydroxyl groups excluding tert-OH is 1. The number of aliphatic hydroxyl groups is 1. The zero-order valence-electron chi connectivity index (χ0n) is 12.9. The molecule has 1 aromatic heterocycles. The molecular weight excluding hydrogens is 260 g/mol. The molecule has 0 aliphatic carbocycles. The molecule has 2 rings (SSSR count). The second-order valence-corrected chi connectivity index (χ2v) is 5.41. The van der Waals surface area contributed by atoms with E-state index < -0.39 is 6.10 Å². The second kappa shape index (κ2) is 7.91. The normalized spacial score (nSPS) is 12.6. The number of rotatable bonds is 7. The van der Waals surface area contributed by atoms with Crippen molar-refractivity contribution in [3.63, 3.8) is 0 Å². The largest absolute Gasteiger partial charge is 0.388 e. The Morgan fingerprint density at radius 1 is 1.14 bits per heavy atom. The highest BCUT2D eigenvalue weighted by atomic mass is 16.3. The van der Waals surface area contributed by atoms with Crippen molar-refractivity contribution in [2.24, 2.45) is 0 Å². The molecular formula is C18H24N2O. The van der Waals surface area contributed by atoms with Crippen LogP contribution >= 0.6 is 0 Å². The fourth-order valence-corrected chi connectivity index (χ4v) is 2.33. The first-order chi connectivity index (χ1) is 10.2. The standard InChI is InChI=1S/C18H24N2O/c1-3-20(14-17-6-4-5-12-19-17)13-11-18(21)16-9-7-15(2)8-10-16/h4-10,12,18,21H,3,11,13-14H2,1-2H3. The van der Waals surface area contributed by atoms with Gasteiger partial charge in [-0.2, -0.15) is 0 Å². The third-order valence-electron chi connectivity index (χ3n) is 3.74. The number of benzene rings is 1. The van der Waals surface area contributed by atoms with Crippen LogP contribution in [0.2, 0.25) is 0 Å². The molecule has 1 heterocycles. The Bertz CT molecular complexity index is 525. The van der Waals surface area contributed by atoms with E-state index in [1.807, 2.05) is 48.7 Å². The van der Waals surface area contributed by atoms with Gasteiger partial charge in [0.2, 0.25) is 0 Å². The van der Waals surface area contributed by atoms with Crippen molar-refractivity contribution < 1.29 is 5.11 Å². The van der Waals surface area contributed by atoms with Gasteiger partial charge in [0.1, 0.15) is 0 Å². The van der Waals surface area contributed by atoms with E-state index in [0.717, 1.165) is 37.3 Å². The molecule has 0 aliphatic heterocycles. The maximum Gasteiger partial charge on any atom is 0.0802 e. The lowest BCUT2D eigenvalue weighted by Crippen LogP contribution is -2.25. The van der Waals surface area contributed by atoms with Gasteiger partial charge in [-0.3, -0.25) is 9.88 Å². The number of hydrogen-bond donors (Lipinski definition) is 1. The summed E-state index contributed by atoms with van der Waals surface area (Å²) < 4.78 is 0. The lowest BCUT2D eigenvalue weighted by molar-refractivity contribution is 0.141. The van der Waals surface area contributed by atoms with Crippen LogP contribution in [0.25, 0.3) is 0 Å². The molecule has 0 bridgehead atoms. The van der Waals surface area contributed by atoms with Crippen LogP contribution in [-0.4, -0.2) is 28.1 Å². The Labute approximate surface area is 127 Å². The molecule has 21 heavy (non-hydrogen) atoms. The summed E-state index contributed by atoms with van der Waals surface area (Å²) in [6.45, 7) is 6.85. The maximum atomic E-state index is 10.3. The summed E-state index contributed by atoms with van der Waals surface area (Å²) in [6, 6.07) is 14.1. The molecule has 1 aromatic carbocycles. The van der Waals surface area contributed by atoms with Crippen LogP contribution in [0.3, 0.4) is 0 Å². The van der Waals surface area contributed by atoms with Gasteiger partial charge in [0.15, 0.2) is 0 Å². The molecule has 0 aliphatic rings.